The lowest BCUT2D eigenvalue weighted by Crippen LogP contribution is -2.49. The molecular formula is C12H23N5. The molecule has 1 aliphatic rings. The molecule has 1 aromatic heterocycles. The zero-order valence-corrected chi connectivity index (χ0v) is 11.1. The van der Waals surface area contributed by atoms with Gasteiger partial charge in [0.2, 0.25) is 0 Å². The molecule has 2 rings (SSSR count). The van der Waals surface area contributed by atoms with Crippen molar-refractivity contribution in [2.45, 2.75) is 37.8 Å². The fourth-order valence-electron chi connectivity index (χ4n) is 2.70. The minimum atomic E-state index is 0.346. The van der Waals surface area contributed by atoms with E-state index < -0.39 is 0 Å². The first-order valence-electron chi connectivity index (χ1n) is 6.35. The normalized spacial score (nSPS) is 19.1. The monoisotopic (exact) mass is 237 g/mol. The third-order valence-electron chi connectivity index (χ3n) is 4.03. The van der Waals surface area contributed by atoms with Crippen LogP contribution in [0.15, 0.2) is 6.33 Å². The molecule has 1 aliphatic carbocycles. The molecule has 5 nitrogen and oxygen atoms in total. The van der Waals surface area contributed by atoms with Gasteiger partial charge in [-0.15, -0.1) is 0 Å². The number of aromatic nitrogens is 3. The van der Waals surface area contributed by atoms with Gasteiger partial charge in [-0.1, -0.05) is 12.8 Å². The largest absolute Gasteiger partial charge is 0.308 e. The Morgan fingerprint density at radius 3 is 2.65 bits per heavy atom. The molecule has 0 aromatic carbocycles. The second-order valence-electron chi connectivity index (χ2n) is 5.23. The lowest BCUT2D eigenvalue weighted by Gasteiger charge is -2.36. The molecule has 1 fully saturated rings. The fraction of sp³-hybridized carbons (Fsp3) is 0.833. The van der Waals surface area contributed by atoms with Crippen molar-refractivity contribution in [1.82, 2.24) is 25.0 Å². The first-order valence-corrected chi connectivity index (χ1v) is 6.35. The molecule has 0 bridgehead atoms. The van der Waals surface area contributed by atoms with Gasteiger partial charge in [-0.2, -0.15) is 5.10 Å². The molecule has 0 unspecified atom stereocenters. The van der Waals surface area contributed by atoms with Crippen LogP contribution in [0.4, 0.5) is 0 Å². The number of hydrogen-bond acceptors (Lipinski definition) is 4. The topological polar surface area (TPSA) is 46.0 Å². The van der Waals surface area contributed by atoms with Crippen LogP contribution in [0.2, 0.25) is 0 Å². The number of likely N-dealkylation sites (N-methyl/N-ethyl adjacent to an activating group) is 1. The summed E-state index contributed by atoms with van der Waals surface area (Å²) >= 11 is 0. The molecule has 96 valence electrons. The van der Waals surface area contributed by atoms with Crippen molar-refractivity contribution in [2.24, 2.45) is 7.05 Å². The Bertz CT molecular complexity index is 352. The molecule has 0 amide bonds. The third kappa shape index (κ3) is 2.66. The maximum absolute atomic E-state index is 4.22. The summed E-state index contributed by atoms with van der Waals surface area (Å²) in [5.41, 5.74) is 0.346. The van der Waals surface area contributed by atoms with Crippen LogP contribution in [0, 0.1) is 0 Å². The standard InChI is InChI=1S/C12H23N5/c1-16(2)12(6-4-5-7-12)9-13-8-11-14-10-15-17(11)3/h10,13H,4-9H2,1-3H3. The van der Waals surface area contributed by atoms with Crippen molar-refractivity contribution < 1.29 is 0 Å². The Balaban J connectivity index is 1.86. The van der Waals surface area contributed by atoms with Crippen LogP contribution in [-0.2, 0) is 13.6 Å². The average Bonchev–Trinajstić information content (AvgIpc) is 2.90. The van der Waals surface area contributed by atoms with Crippen LogP contribution < -0.4 is 5.32 Å². The maximum Gasteiger partial charge on any atom is 0.140 e. The molecule has 1 aromatic rings. The molecule has 0 radical (unpaired) electrons. The van der Waals surface area contributed by atoms with Crippen LogP contribution in [0.25, 0.3) is 0 Å². The summed E-state index contributed by atoms with van der Waals surface area (Å²) in [6.45, 7) is 1.83. The van der Waals surface area contributed by atoms with Gasteiger partial charge in [-0.25, -0.2) is 4.98 Å². The SMILES string of the molecule is CN(C)C1(CNCc2ncnn2C)CCCC1. The van der Waals surface area contributed by atoms with Crippen molar-refractivity contribution in [2.75, 3.05) is 20.6 Å². The van der Waals surface area contributed by atoms with Crippen molar-refractivity contribution in [3.05, 3.63) is 12.2 Å². The molecule has 5 heteroatoms. The van der Waals surface area contributed by atoms with Crippen LogP contribution in [0.3, 0.4) is 0 Å². The summed E-state index contributed by atoms with van der Waals surface area (Å²) < 4.78 is 1.82. The van der Waals surface area contributed by atoms with Gasteiger partial charge in [-0.3, -0.25) is 4.68 Å². The number of rotatable bonds is 5. The Morgan fingerprint density at radius 1 is 1.41 bits per heavy atom. The first-order chi connectivity index (χ1) is 8.14. The highest BCUT2D eigenvalue weighted by atomic mass is 15.3. The van der Waals surface area contributed by atoms with Crippen molar-refractivity contribution in [3.63, 3.8) is 0 Å². The molecule has 17 heavy (non-hydrogen) atoms. The van der Waals surface area contributed by atoms with Crippen molar-refractivity contribution in [3.8, 4) is 0 Å². The summed E-state index contributed by atoms with van der Waals surface area (Å²) in [7, 11) is 6.31. The molecule has 1 heterocycles. The quantitative estimate of drug-likeness (QED) is 0.822. The van der Waals surface area contributed by atoms with E-state index >= 15 is 0 Å². The van der Waals surface area contributed by atoms with Gasteiger partial charge < -0.3 is 10.2 Å². The van der Waals surface area contributed by atoms with Gasteiger partial charge in [0.05, 0.1) is 6.54 Å². The second kappa shape index (κ2) is 5.14. The van der Waals surface area contributed by atoms with Crippen molar-refractivity contribution >= 4 is 0 Å². The smallest absolute Gasteiger partial charge is 0.140 e. The number of nitrogens with one attached hydrogen (secondary N) is 1. The summed E-state index contributed by atoms with van der Waals surface area (Å²) in [6, 6.07) is 0. The van der Waals surface area contributed by atoms with Gasteiger partial charge >= 0.3 is 0 Å². The number of nitrogens with zero attached hydrogens (tertiary/aromatic N) is 4. The molecule has 0 atom stereocenters. The minimum absolute atomic E-state index is 0.346. The van der Waals surface area contributed by atoms with Gasteiger partial charge in [0, 0.05) is 19.1 Å². The van der Waals surface area contributed by atoms with Crippen LogP contribution >= 0.6 is 0 Å². The van der Waals surface area contributed by atoms with Crippen LogP contribution in [0.5, 0.6) is 0 Å². The van der Waals surface area contributed by atoms with Gasteiger partial charge in [0.25, 0.3) is 0 Å². The van der Waals surface area contributed by atoms with Gasteiger partial charge in [0.15, 0.2) is 0 Å². The van der Waals surface area contributed by atoms with E-state index in [2.05, 4.69) is 34.4 Å². The van der Waals surface area contributed by atoms with E-state index in [1.54, 1.807) is 6.33 Å². The summed E-state index contributed by atoms with van der Waals surface area (Å²) in [4.78, 5) is 6.60. The van der Waals surface area contributed by atoms with E-state index in [-0.39, 0.29) is 0 Å². The van der Waals surface area contributed by atoms with Gasteiger partial charge in [0.1, 0.15) is 12.2 Å². The lowest BCUT2D eigenvalue weighted by atomic mass is 9.96. The Kier molecular flexibility index (Phi) is 3.79. The highest BCUT2D eigenvalue weighted by Gasteiger charge is 2.35. The zero-order chi connectivity index (χ0) is 12.3. The van der Waals surface area contributed by atoms with E-state index in [1.165, 1.54) is 25.7 Å². The molecule has 1 saturated carbocycles. The van der Waals surface area contributed by atoms with E-state index in [1.807, 2.05) is 11.7 Å². The summed E-state index contributed by atoms with van der Waals surface area (Å²) in [5, 5.41) is 7.60. The van der Waals surface area contributed by atoms with Crippen molar-refractivity contribution in [1.29, 1.82) is 0 Å². The number of aryl methyl sites for hydroxylation is 1. The van der Waals surface area contributed by atoms with E-state index in [4.69, 9.17) is 0 Å². The highest BCUT2D eigenvalue weighted by Crippen LogP contribution is 2.33. The average molecular weight is 237 g/mol. The molecule has 0 aliphatic heterocycles. The predicted molar refractivity (Wildman–Crippen MR) is 67.6 cm³/mol. The third-order valence-corrected chi connectivity index (χ3v) is 4.03. The van der Waals surface area contributed by atoms with Crippen LogP contribution in [-0.4, -0.2) is 45.8 Å². The minimum Gasteiger partial charge on any atom is -0.308 e. The molecular weight excluding hydrogens is 214 g/mol. The molecule has 0 spiro atoms. The van der Waals surface area contributed by atoms with Crippen LogP contribution in [0.1, 0.15) is 31.5 Å². The Morgan fingerprint density at radius 2 is 2.12 bits per heavy atom. The highest BCUT2D eigenvalue weighted by molar-refractivity contribution is 4.95. The zero-order valence-electron chi connectivity index (χ0n) is 11.1. The summed E-state index contributed by atoms with van der Waals surface area (Å²) in [6.07, 6.45) is 6.90. The Hall–Kier alpha value is -0.940. The second-order valence-corrected chi connectivity index (χ2v) is 5.23. The fourth-order valence-corrected chi connectivity index (χ4v) is 2.70. The van der Waals surface area contributed by atoms with Gasteiger partial charge in [-0.05, 0) is 26.9 Å². The first kappa shape index (κ1) is 12.5. The van der Waals surface area contributed by atoms with E-state index in [0.29, 0.717) is 5.54 Å². The lowest BCUT2D eigenvalue weighted by molar-refractivity contribution is 0.153. The molecule has 0 saturated heterocycles. The Labute approximate surface area is 103 Å². The van der Waals surface area contributed by atoms with E-state index in [0.717, 1.165) is 18.9 Å². The maximum atomic E-state index is 4.22. The van der Waals surface area contributed by atoms with E-state index in [9.17, 15) is 0 Å². The predicted octanol–water partition coefficient (Wildman–Crippen LogP) is 0.779. The summed E-state index contributed by atoms with van der Waals surface area (Å²) in [5.74, 6) is 0.997. The number of hydrogen-bond donors (Lipinski definition) is 1. The molecule has 1 N–H and O–H groups in total.